The number of anilines is 1. The number of benzene rings is 2. The second-order valence-corrected chi connectivity index (χ2v) is 6.94. The predicted molar refractivity (Wildman–Crippen MR) is 116 cm³/mol. The van der Waals surface area contributed by atoms with E-state index in [9.17, 15) is 9.59 Å². The first-order chi connectivity index (χ1) is 14.6. The lowest BCUT2D eigenvalue weighted by atomic mass is 10.2. The molecule has 0 radical (unpaired) electrons. The third kappa shape index (κ3) is 6.74. The number of hydrogen-bond donors (Lipinski definition) is 2. The highest BCUT2D eigenvalue weighted by Crippen LogP contribution is 2.14. The summed E-state index contributed by atoms with van der Waals surface area (Å²) in [5.74, 6) is 0.585. The first kappa shape index (κ1) is 21.0. The van der Waals surface area contributed by atoms with E-state index in [2.05, 4.69) is 15.6 Å². The summed E-state index contributed by atoms with van der Waals surface area (Å²) in [6.07, 6.45) is 4.19. The minimum atomic E-state index is -0.202. The van der Waals surface area contributed by atoms with Crippen molar-refractivity contribution in [3.8, 4) is 5.75 Å². The minimum Gasteiger partial charge on any atom is -0.494 e. The molecule has 0 aliphatic rings. The molecule has 0 aliphatic heterocycles. The van der Waals surface area contributed by atoms with Gasteiger partial charge in [-0.05, 0) is 60.9 Å². The van der Waals surface area contributed by atoms with Crippen molar-refractivity contribution in [1.29, 1.82) is 0 Å². The molecule has 0 aliphatic carbocycles. The average Bonchev–Trinajstić information content (AvgIpc) is 2.76. The molecule has 3 aromatic rings. The fraction of sp³-hybridized carbons (Fsp3) is 0.208. The number of carbonyl (C=O) groups is 2. The molecule has 30 heavy (non-hydrogen) atoms. The number of nitrogens with one attached hydrogen (secondary N) is 2. The summed E-state index contributed by atoms with van der Waals surface area (Å²) >= 11 is 0. The van der Waals surface area contributed by atoms with Crippen LogP contribution in [0.25, 0.3) is 0 Å². The zero-order valence-electron chi connectivity index (χ0n) is 16.9. The van der Waals surface area contributed by atoms with Gasteiger partial charge in [0, 0.05) is 36.6 Å². The highest BCUT2D eigenvalue weighted by atomic mass is 16.5. The first-order valence-electron chi connectivity index (χ1n) is 9.86. The molecule has 0 atom stereocenters. The number of ether oxygens (including phenoxy) is 1. The lowest BCUT2D eigenvalue weighted by molar-refractivity contribution is -0.121. The fourth-order valence-electron chi connectivity index (χ4n) is 2.88. The molecule has 0 unspecified atom stereocenters. The summed E-state index contributed by atoms with van der Waals surface area (Å²) in [7, 11) is 0. The molecular weight excluding hydrogens is 378 g/mol. The van der Waals surface area contributed by atoms with Crippen molar-refractivity contribution in [1.82, 2.24) is 10.3 Å². The highest BCUT2D eigenvalue weighted by molar-refractivity contribution is 6.04. The molecule has 6 heteroatoms. The average molecular weight is 403 g/mol. The van der Waals surface area contributed by atoms with Gasteiger partial charge in [-0.25, -0.2) is 0 Å². The molecule has 1 aromatic heterocycles. The summed E-state index contributed by atoms with van der Waals surface area (Å²) in [6, 6.07) is 18.6. The molecule has 1 heterocycles. The largest absolute Gasteiger partial charge is 0.494 e. The van der Waals surface area contributed by atoms with E-state index in [-0.39, 0.29) is 11.8 Å². The van der Waals surface area contributed by atoms with E-state index in [1.807, 2.05) is 55.5 Å². The van der Waals surface area contributed by atoms with Crippen LogP contribution in [-0.2, 0) is 11.3 Å². The van der Waals surface area contributed by atoms with Gasteiger partial charge in [-0.2, -0.15) is 0 Å². The predicted octanol–water partition coefficient (Wildman–Crippen LogP) is 4.12. The van der Waals surface area contributed by atoms with Crippen LogP contribution in [0.3, 0.4) is 0 Å². The molecule has 2 amide bonds. The minimum absolute atomic E-state index is 0.0333. The quantitative estimate of drug-likeness (QED) is 0.527. The Labute approximate surface area is 176 Å². The molecule has 0 fully saturated rings. The number of pyridine rings is 1. The zero-order valence-corrected chi connectivity index (χ0v) is 16.9. The van der Waals surface area contributed by atoms with E-state index in [4.69, 9.17) is 4.74 Å². The molecule has 0 saturated carbocycles. The van der Waals surface area contributed by atoms with Gasteiger partial charge in [0.1, 0.15) is 5.75 Å². The second kappa shape index (κ2) is 10.8. The van der Waals surface area contributed by atoms with Gasteiger partial charge in [0.05, 0.1) is 6.61 Å². The maximum Gasteiger partial charge on any atom is 0.255 e. The van der Waals surface area contributed by atoms with Crippen molar-refractivity contribution < 1.29 is 14.3 Å². The molecule has 3 rings (SSSR count). The van der Waals surface area contributed by atoms with Crippen molar-refractivity contribution >= 4 is 17.5 Å². The second-order valence-electron chi connectivity index (χ2n) is 6.94. The number of amides is 2. The Kier molecular flexibility index (Phi) is 7.55. The van der Waals surface area contributed by atoms with Crippen LogP contribution in [0, 0.1) is 6.92 Å². The van der Waals surface area contributed by atoms with Gasteiger partial charge in [-0.1, -0.05) is 24.3 Å². The standard InChI is InChI=1S/C24H25N3O3/c1-18-5-2-8-22(15-18)30-14-4-9-23(28)26-17-19-6-3-7-21(16-19)27-24(29)20-10-12-25-13-11-20/h2-3,5-8,10-13,15-16H,4,9,14,17H2,1H3,(H,26,28)(H,27,29). The van der Waals surface area contributed by atoms with Crippen LogP contribution in [-0.4, -0.2) is 23.4 Å². The highest BCUT2D eigenvalue weighted by Gasteiger charge is 2.07. The monoisotopic (exact) mass is 403 g/mol. The molecule has 6 nitrogen and oxygen atoms in total. The lowest BCUT2D eigenvalue weighted by Gasteiger charge is -2.09. The van der Waals surface area contributed by atoms with Gasteiger partial charge < -0.3 is 15.4 Å². The van der Waals surface area contributed by atoms with Crippen LogP contribution in [0.1, 0.15) is 34.3 Å². The van der Waals surface area contributed by atoms with Crippen LogP contribution >= 0.6 is 0 Å². The smallest absolute Gasteiger partial charge is 0.255 e. The lowest BCUT2D eigenvalue weighted by Crippen LogP contribution is -2.23. The van der Waals surface area contributed by atoms with E-state index in [1.54, 1.807) is 24.5 Å². The molecule has 0 saturated heterocycles. The van der Waals surface area contributed by atoms with Crippen molar-refractivity contribution in [3.63, 3.8) is 0 Å². The molecule has 0 spiro atoms. The Bertz CT molecular complexity index is 990. The number of aromatic nitrogens is 1. The summed E-state index contributed by atoms with van der Waals surface area (Å²) in [6.45, 7) is 2.91. The number of nitrogens with zero attached hydrogens (tertiary/aromatic N) is 1. The van der Waals surface area contributed by atoms with Crippen LogP contribution in [0.5, 0.6) is 5.75 Å². The number of aryl methyl sites for hydroxylation is 1. The molecular formula is C24H25N3O3. The summed E-state index contributed by atoms with van der Waals surface area (Å²) in [5.41, 5.74) is 3.27. The van der Waals surface area contributed by atoms with Gasteiger partial charge in [-0.3, -0.25) is 14.6 Å². The number of rotatable bonds is 9. The van der Waals surface area contributed by atoms with Gasteiger partial charge in [0.15, 0.2) is 0 Å². The van der Waals surface area contributed by atoms with E-state index < -0.39 is 0 Å². The van der Waals surface area contributed by atoms with Gasteiger partial charge >= 0.3 is 0 Å². The molecule has 0 bridgehead atoms. The maximum atomic E-state index is 12.2. The Hall–Kier alpha value is -3.67. The first-order valence-corrected chi connectivity index (χ1v) is 9.86. The van der Waals surface area contributed by atoms with E-state index >= 15 is 0 Å². The van der Waals surface area contributed by atoms with Crippen molar-refractivity contribution in [3.05, 3.63) is 89.7 Å². The SMILES string of the molecule is Cc1cccc(OCCCC(=O)NCc2cccc(NC(=O)c3ccncc3)c2)c1. The number of hydrogen-bond acceptors (Lipinski definition) is 4. The van der Waals surface area contributed by atoms with Crippen molar-refractivity contribution in [2.24, 2.45) is 0 Å². The van der Waals surface area contributed by atoms with E-state index in [0.717, 1.165) is 16.9 Å². The zero-order chi connectivity index (χ0) is 21.2. The van der Waals surface area contributed by atoms with Crippen LogP contribution < -0.4 is 15.4 Å². The Morgan fingerprint density at radius 2 is 1.80 bits per heavy atom. The molecule has 154 valence electrons. The fourth-order valence-corrected chi connectivity index (χ4v) is 2.88. The summed E-state index contributed by atoms with van der Waals surface area (Å²) in [4.78, 5) is 28.2. The van der Waals surface area contributed by atoms with E-state index in [1.165, 1.54) is 0 Å². The third-order valence-electron chi connectivity index (χ3n) is 4.42. The Morgan fingerprint density at radius 3 is 2.60 bits per heavy atom. The van der Waals surface area contributed by atoms with Crippen LogP contribution in [0.15, 0.2) is 73.1 Å². The number of carbonyl (C=O) groups excluding carboxylic acids is 2. The third-order valence-corrected chi connectivity index (χ3v) is 4.42. The van der Waals surface area contributed by atoms with Crippen LogP contribution in [0.2, 0.25) is 0 Å². The molecule has 2 N–H and O–H groups in total. The van der Waals surface area contributed by atoms with Crippen molar-refractivity contribution in [2.45, 2.75) is 26.3 Å². The van der Waals surface area contributed by atoms with Gasteiger partial charge in [-0.15, -0.1) is 0 Å². The normalized spacial score (nSPS) is 10.3. The van der Waals surface area contributed by atoms with Gasteiger partial charge in [0.2, 0.25) is 5.91 Å². The Morgan fingerprint density at radius 1 is 1.00 bits per heavy atom. The van der Waals surface area contributed by atoms with Crippen molar-refractivity contribution in [2.75, 3.05) is 11.9 Å². The summed E-state index contributed by atoms with van der Waals surface area (Å²) in [5, 5.41) is 5.76. The summed E-state index contributed by atoms with van der Waals surface area (Å²) < 4.78 is 5.67. The van der Waals surface area contributed by atoms with Crippen LogP contribution in [0.4, 0.5) is 5.69 Å². The van der Waals surface area contributed by atoms with Gasteiger partial charge in [0.25, 0.3) is 5.91 Å². The van der Waals surface area contributed by atoms with E-state index in [0.29, 0.717) is 37.2 Å². The Balaban J connectivity index is 1.40. The molecule has 2 aromatic carbocycles. The maximum absolute atomic E-state index is 12.2. The topological polar surface area (TPSA) is 80.3 Å².